The summed E-state index contributed by atoms with van der Waals surface area (Å²) in [5.74, 6) is -1.74. The lowest BCUT2D eigenvalue weighted by atomic mass is 9.82. The van der Waals surface area contributed by atoms with Crippen molar-refractivity contribution in [3.8, 4) is 0 Å². The molecule has 0 heterocycles. The van der Waals surface area contributed by atoms with E-state index in [-0.39, 0.29) is 22.5 Å². The second-order valence-corrected chi connectivity index (χ2v) is 7.42. The second kappa shape index (κ2) is 6.42. The molecule has 0 spiro atoms. The van der Waals surface area contributed by atoms with Crippen LogP contribution in [0.25, 0.3) is 0 Å². The number of carboxylic acid groups (broad SMARTS) is 1. The van der Waals surface area contributed by atoms with Crippen LogP contribution in [0.4, 0.5) is 0 Å². The van der Waals surface area contributed by atoms with Crippen molar-refractivity contribution in [2.75, 3.05) is 12.8 Å². The fourth-order valence-electron chi connectivity index (χ4n) is 3.74. The lowest BCUT2D eigenvalue weighted by Crippen LogP contribution is -2.45. The van der Waals surface area contributed by atoms with E-state index in [1.807, 2.05) is 12.2 Å². The van der Waals surface area contributed by atoms with Crippen LogP contribution < -0.4 is 5.32 Å². The third-order valence-electron chi connectivity index (χ3n) is 5.35. The van der Waals surface area contributed by atoms with E-state index in [9.17, 15) is 14.7 Å². The molecular weight excluding hydrogens is 286 g/mol. The standard InChI is InChI=1S/C16H25NO3S/c1-4-16(5-2,21-3)9-17-14(18)12-10-6-7-11(8-10)13(12)15(19)20/h6-7,10-13H,4-5,8-9H2,1-3H3,(H,17,18)(H,19,20)/t10?,11?,12-,13+/m0/s1. The molecule has 4 atom stereocenters. The Morgan fingerprint density at radius 1 is 1.24 bits per heavy atom. The van der Waals surface area contributed by atoms with E-state index in [2.05, 4.69) is 25.4 Å². The highest BCUT2D eigenvalue weighted by Crippen LogP contribution is 2.48. The van der Waals surface area contributed by atoms with E-state index in [1.54, 1.807) is 11.8 Å². The first-order valence-corrected chi connectivity index (χ1v) is 8.94. The van der Waals surface area contributed by atoms with Gasteiger partial charge in [-0.3, -0.25) is 9.59 Å². The van der Waals surface area contributed by atoms with Crippen molar-refractivity contribution in [3.63, 3.8) is 0 Å². The van der Waals surface area contributed by atoms with Gasteiger partial charge in [-0.2, -0.15) is 11.8 Å². The molecule has 21 heavy (non-hydrogen) atoms. The lowest BCUT2D eigenvalue weighted by molar-refractivity contribution is -0.147. The first kappa shape index (κ1) is 16.4. The second-order valence-electron chi connectivity index (χ2n) is 6.15. The van der Waals surface area contributed by atoms with Crippen LogP contribution in [0.2, 0.25) is 0 Å². The van der Waals surface area contributed by atoms with Gasteiger partial charge in [0.1, 0.15) is 0 Å². The molecular formula is C16H25NO3S. The molecule has 0 aromatic carbocycles. The van der Waals surface area contributed by atoms with E-state index in [0.717, 1.165) is 19.3 Å². The van der Waals surface area contributed by atoms with Gasteiger partial charge in [-0.05, 0) is 37.4 Å². The van der Waals surface area contributed by atoms with Crippen molar-refractivity contribution in [2.45, 2.75) is 37.9 Å². The zero-order chi connectivity index (χ0) is 15.6. The fraction of sp³-hybridized carbons (Fsp3) is 0.750. The minimum absolute atomic E-state index is 0.0332. The van der Waals surface area contributed by atoms with Gasteiger partial charge in [0.05, 0.1) is 11.8 Å². The molecule has 2 N–H and O–H groups in total. The van der Waals surface area contributed by atoms with Crippen LogP contribution >= 0.6 is 11.8 Å². The van der Waals surface area contributed by atoms with Crippen molar-refractivity contribution >= 4 is 23.6 Å². The number of hydrogen-bond donors (Lipinski definition) is 2. The number of hydrogen-bond acceptors (Lipinski definition) is 3. The minimum Gasteiger partial charge on any atom is -0.481 e. The molecule has 0 saturated heterocycles. The van der Waals surface area contributed by atoms with Crippen LogP contribution in [0, 0.1) is 23.7 Å². The van der Waals surface area contributed by atoms with Crippen LogP contribution in [0.15, 0.2) is 12.2 Å². The van der Waals surface area contributed by atoms with Crippen LogP contribution in [0.5, 0.6) is 0 Å². The summed E-state index contributed by atoms with van der Waals surface area (Å²) in [7, 11) is 0. The predicted molar refractivity (Wildman–Crippen MR) is 85.2 cm³/mol. The molecule has 1 fully saturated rings. The number of thioether (sulfide) groups is 1. The Morgan fingerprint density at radius 2 is 1.81 bits per heavy atom. The molecule has 0 aromatic heterocycles. The molecule has 2 bridgehead atoms. The fourth-order valence-corrected chi connectivity index (χ4v) is 4.54. The van der Waals surface area contributed by atoms with Gasteiger partial charge >= 0.3 is 5.97 Å². The summed E-state index contributed by atoms with van der Waals surface area (Å²) in [5, 5.41) is 12.4. The number of aliphatic carboxylic acids is 1. The predicted octanol–water partition coefficient (Wildman–Crippen LogP) is 2.55. The zero-order valence-electron chi connectivity index (χ0n) is 13.0. The Bertz CT molecular complexity index is 437. The minimum atomic E-state index is -0.839. The van der Waals surface area contributed by atoms with Crippen LogP contribution in [0.3, 0.4) is 0 Å². The first-order valence-electron chi connectivity index (χ1n) is 7.72. The molecule has 0 aromatic rings. The summed E-state index contributed by atoms with van der Waals surface area (Å²) in [5.41, 5.74) is 0. The van der Waals surface area contributed by atoms with Gasteiger partial charge in [0.15, 0.2) is 0 Å². The number of carboxylic acids is 1. The zero-order valence-corrected chi connectivity index (χ0v) is 13.8. The summed E-state index contributed by atoms with van der Waals surface area (Å²) in [6.07, 6.45) is 8.85. The van der Waals surface area contributed by atoms with Gasteiger partial charge in [-0.15, -0.1) is 0 Å². The highest BCUT2D eigenvalue weighted by Gasteiger charge is 2.51. The Kier molecular flexibility index (Phi) is 5.02. The van der Waals surface area contributed by atoms with Crippen LogP contribution in [-0.2, 0) is 9.59 Å². The average molecular weight is 311 g/mol. The van der Waals surface area contributed by atoms with Gasteiger partial charge in [0.2, 0.25) is 5.91 Å². The Labute approximate surface area is 130 Å². The lowest BCUT2D eigenvalue weighted by Gasteiger charge is -2.31. The van der Waals surface area contributed by atoms with Crippen LogP contribution in [0.1, 0.15) is 33.1 Å². The number of fused-ring (bicyclic) bond motifs is 2. The number of carbonyl (C=O) groups is 2. The quantitative estimate of drug-likeness (QED) is 0.709. The topological polar surface area (TPSA) is 66.4 Å². The van der Waals surface area contributed by atoms with Crippen molar-refractivity contribution in [2.24, 2.45) is 23.7 Å². The summed E-state index contributed by atoms with van der Waals surface area (Å²) >= 11 is 1.78. The number of carbonyl (C=O) groups excluding carboxylic acids is 1. The Balaban J connectivity index is 2.03. The van der Waals surface area contributed by atoms with E-state index < -0.39 is 17.8 Å². The highest BCUT2D eigenvalue weighted by molar-refractivity contribution is 8.00. The molecule has 2 unspecified atom stereocenters. The van der Waals surface area contributed by atoms with Gasteiger partial charge in [0.25, 0.3) is 0 Å². The van der Waals surface area contributed by atoms with E-state index in [4.69, 9.17) is 0 Å². The van der Waals surface area contributed by atoms with Crippen molar-refractivity contribution in [1.82, 2.24) is 5.32 Å². The monoisotopic (exact) mass is 311 g/mol. The Hall–Kier alpha value is -0.970. The summed E-state index contributed by atoms with van der Waals surface area (Å²) in [4.78, 5) is 24.0. The van der Waals surface area contributed by atoms with Crippen molar-refractivity contribution < 1.29 is 14.7 Å². The van der Waals surface area contributed by atoms with Crippen molar-refractivity contribution in [1.29, 1.82) is 0 Å². The largest absolute Gasteiger partial charge is 0.481 e. The third kappa shape index (κ3) is 2.98. The molecule has 2 aliphatic carbocycles. The smallest absolute Gasteiger partial charge is 0.307 e. The molecule has 5 heteroatoms. The number of nitrogens with one attached hydrogen (secondary N) is 1. The Morgan fingerprint density at radius 3 is 2.29 bits per heavy atom. The molecule has 1 saturated carbocycles. The maximum absolute atomic E-state index is 12.5. The first-order chi connectivity index (χ1) is 9.98. The molecule has 0 aliphatic heterocycles. The van der Waals surface area contributed by atoms with Gasteiger partial charge in [-0.25, -0.2) is 0 Å². The molecule has 2 rings (SSSR count). The number of amides is 1. The van der Waals surface area contributed by atoms with E-state index in [1.165, 1.54) is 0 Å². The summed E-state index contributed by atoms with van der Waals surface area (Å²) in [6, 6.07) is 0. The van der Waals surface area contributed by atoms with Gasteiger partial charge in [-0.1, -0.05) is 26.0 Å². The van der Waals surface area contributed by atoms with E-state index in [0.29, 0.717) is 6.54 Å². The maximum atomic E-state index is 12.5. The van der Waals surface area contributed by atoms with Gasteiger partial charge < -0.3 is 10.4 Å². The van der Waals surface area contributed by atoms with Crippen molar-refractivity contribution in [3.05, 3.63) is 12.2 Å². The highest BCUT2D eigenvalue weighted by atomic mass is 32.2. The number of rotatable bonds is 7. The molecule has 1 amide bonds. The summed E-state index contributed by atoms with van der Waals surface area (Å²) in [6.45, 7) is 4.88. The van der Waals surface area contributed by atoms with E-state index >= 15 is 0 Å². The maximum Gasteiger partial charge on any atom is 0.307 e. The average Bonchev–Trinajstić information content (AvgIpc) is 3.09. The normalized spacial score (nSPS) is 30.6. The molecule has 4 nitrogen and oxygen atoms in total. The molecule has 2 aliphatic rings. The number of allylic oxidation sites excluding steroid dienone is 2. The summed E-state index contributed by atoms with van der Waals surface area (Å²) < 4.78 is 0.0574. The van der Waals surface area contributed by atoms with Gasteiger partial charge in [0, 0.05) is 11.3 Å². The van der Waals surface area contributed by atoms with Crippen LogP contribution in [-0.4, -0.2) is 34.5 Å². The SMILES string of the molecule is CCC(CC)(CNC(=O)[C@H]1C2C=CC(C2)[C@H]1C(=O)O)SC. The molecule has 0 radical (unpaired) electrons. The third-order valence-corrected chi connectivity index (χ3v) is 6.94. The molecule has 118 valence electrons.